The molecule has 0 aliphatic rings. The number of rotatable bonds is 10. The van der Waals surface area contributed by atoms with Gasteiger partial charge in [-0.2, -0.15) is 0 Å². The highest BCUT2D eigenvalue weighted by atomic mass is 16.5. The first-order chi connectivity index (χ1) is 13.9. The summed E-state index contributed by atoms with van der Waals surface area (Å²) in [6.45, 7) is 4.28. The second-order valence-electron chi connectivity index (χ2n) is 7.25. The quantitative estimate of drug-likeness (QED) is 0.637. The molecule has 0 fully saturated rings. The predicted molar refractivity (Wildman–Crippen MR) is 117 cm³/mol. The Morgan fingerprint density at radius 2 is 1.79 bits per heavy atom. The molecule has 1 atom stereocenters. The zero-order chi connectivity index (χ0) is 21.2. The first-order valence-electron chi connectivity index (χ1n) is 9.97. The fourth-order valence-corrected chi connectivity index (χ4v) is 2.63. The molecule has 0 aliphatic heterocycles. The molecule has 0 saturated carbocycles. The molecule has 2 N–H and O–H groups in total. The van der Waals surface area contributed by atoms with Crippen LogP contribution < -0.4 is 15.4 Å². The summed E-state index contributed by atoms with van der Waals surface area (Å²) in [4.78, 5) is 25.6. The van der Waals surface area contributed by atoms with Gasteiger partial charge in [-0.25, -0.2) is 0 Å². The number of amides is 2. The van der Waals surface area contributed by atoms with Crippen LogP contribution in [0.2, 0.25) is 0 Å². The molecule has 0 aromatic heterocycles. The van der Waals surface area contributed by atoms with Crippen molar-refractivity contribution >= 4 is 23.2 Å². The summed E-state index contributed by atoms with van der Waals surface area (Å²) < 4.78 is 5.75. The zero-order valence-electron chi connectivity index (χ0n) is 17.7. The highest BCUT2D eigenvalue weighted by Crippen LogP contribution is 2.18. The van der Waals surface area contributed by atoms with Crippen LogP contribution in [0.1, 0.15) is 32.3 Å². The van der Waals surface area contributed by atoms with Gasteiger partial charge in [0.1, 0.15) is 5.75 Å². The SMILES string of the molecule is CCC(C)Oc1ccc(NCC(=O)Nc2cccc(CCC(=O)N(C)C)c2)cc1. The summed E-state index contributed by atoms with van der Waals surface area (Å²) in [5.74, 6) is 0.773. The van der Waals surface area contributed by atoms with Crippen LogP contribution in [0.3, 0.4) is 0 Å². The monoisotopic (exact) mass is 397 g/mol. The number of ether oxygens (including phenoxy) is 1. The molecule has 0 radical (unpaired) electrons. The van der Waals surface area contributed by atoms with Crippen molar-refractivity contribution in [1.82, 2.24) is 4.90 Å². The zero-order valence-corrected chi connectivity index (χ0v) is 17.7. The maximum absolute atomic E-state index is 12.2. The van der Waals surface area contributed by atoms with E-state index >= 15 is 0 Å². The van der Waals surface area contributed by atoms with Gasteiger partial charge in [0.2, 0.25) is 11.8 Å². The number of hydrogen-bond acceptors (Lipinski definition) is 4. The van der Waals surface area contributed by atoms with E-state index in [-0.39, 0.29) is 24.5 Å². The van der Waals surface area contributed by atoms with E-state index in [1.54, 1.807) is 19.0 Å². The van der Waals surface area contributed by atoms with Gasteiger partial charge in [0.25, 0.3) is 0 Å². The van der Waals surface area contributed by atoms with E-state index < -0.39 is 0 Å². The molecule has 2 rings (SSSR count). The minimum absolute atomic E-state index is 0.0872. The van der Waals surface area contributed by atoms with Gasteiger partial charge < -0.3 is 20.3 Å². The molecule has 0 aliphatic carbocycles. The topological polar surface area (TPSA) is 70.7 Å². The van der Waals surface area contributed by atoms with E-state index in [1.807, 2.05) is 55.5 Å². The lowest BCUT2D eigenvalue weighted by Crippen LogP contribution is -2.22. The van der Waals surface area contributed by atoms with Crippen LogP contribution in [0.15, 0.2) is 48.5 Å². The Hall–Kier alpha value is -3.02. The van der Waals surface area contributed by atoms with Crippen molar-refractivity contribution in [2.45, 2.75) is 39.2 Å². The van der Waals surface area contributed by atoms with E-state index in [0.29, 0.717) is 12.8 Å². The molecule has 2 aromatic carbocycles. The summed E-state index contributed by atoms with van der Waals surface area (Å²) in [5.41, 5.74) is 2.60. The van der Waals surface area contributed by atoms with E-state index in [2.05, 4.69) is 17.6 Å². The molecule has 0 spiro atoms. The molecule has 6 nitrogen and oxygen atoms in total. The Morgan fingerprint density at radius 3 is 2.45 bits per heavy atom. The lowest BCUT2D eigenvalue weighted by atomic mass is 10.1. The molecule has 2 amide bonds. The second-order valence-corrected chi connectivity index (χ2v) is 7.25. The number of benzene rings is 2. The summed E-state index contributed by atoms with van der Waals surface area (Å²) in [6, 6.07) is 15.2. The third-order valence-corrected chi connectivity index (χ3v) is 4.56. The highest BCUT2D eigenvalue weighted by molar-refractivity contribution is 5.93. The van der Waals surface area contributed by atoms with Crippen molar-refractivity contribution in [3.8, 4) is 5.75 Å². The first kappa shape index (κ1) is 22.3. The Bertz CT molecular complexity index is 803. The van der Waals surface area contributed by atoms with Gasteiger partial charge in [-0.3, -0.25) is 9.59 Å². The Morgan fingerprint density at radius 1 is 1.07 bits per heavy atom. The molecule has 0 heterocycles. The summed E-state index contributed by atoms with van der Waals surface area (Å²) in [6.07, 6.45) is 2.22. The lowest BCUT2D eigenvalue weighted by molar-refractivity contribution is -0.128. The number of nitrogens with zero attached hydrogens (tertiary/aromatic N) is 1. The van der Waals surface area contributed by atoms with Crippen molar-refractivity contribution < 1.29 is 14.3 Å². The maximum atomic E-state index is 12.2. The van der Waals surface area contributed by atoms with Crippen LogP contribution in [-0.4, -0.2) is 43.5 Å². The van der Waals surface area contributed by atoms with Gasteiger partial charge in [0.15, 0.2) is 0 Å². The van der Waals surface area contributed by atoms with Crippen molar-refractivity contribution in [1.29, 1.82) is 0 Å². The molecule has 2 aromatic rings. The van der Waals surface area contributed by atoms with Crippen molar-refractivity contribution in [3.05, 3.63) is 54.1 Å². The minimum Gasteiger partial charge on any atom is -0.491 e. The molecule has 29 heavy (non-hydrogen) atoms. The lowest BCUT2D eigenvalue weighted by Gasteiger charge is -2.13. The highest BCUT2D eigenvalue weighted by Gasteiger charge is 2.07. The van der Waals surface area contributed by atoms with Gasteiger partial charge in [-0.1, -0.05) is 19.1 Å². The van der Waals surface area contributed by atoms with Crippen LogP contribution in [0.25, 0.3) is 0 Å². The van der Waals surface area contributed by atoms with Crippen molar-refractivity contribution in [3.63, 3.8) is 0 Å². The largest absolute Gasteiger partial charge is 0.491 e. The Labute approximate surface area is 173 Å². The average Bonchev–Trinajstić information content (AvgIpc) is 2.71. The van der Waals surface area contributed by atoms with Crippen molar-refractivity contribution in [2.75, 3.05) is 31.3 Å². The fraction of sp³-hybridized carbons (Fsp3) is 0.391. The van der Waals surface area contributed by atoms with Gasteiger partial charge >= 0.3 is 0 Å². The number of carbonyl (C=O) groups excluding carboxylic acids is 2. The molecule has 0 bridgehead atoms. The number of hydrogen-bond donors (Lipinski definition) is 2. The normalized spacial score (nSPS) is 11.4. The summed E-state index contributed by atoms with van der Waals surface area (Å²) in [7, 11) is 3.50. The maximum Gasteiger partial charge on any atom is 0.243 e. The molecule has 0 saturated heterocycles. The predicted octanol–water partition coefficient (Wildman–Crippen LogP) is 3.94. The van der Waals surface area contributed by atoms with E-state index in [4.69, 9.17) is 4.74 Å². The summed E-state index contributed by atoms with van der Waals surface area (Å²) in [5, 5.41) is 6.00. The molecular weight excluding hydrogens is 366 g/mol. The molecule has 1 unspecified atom stereocenters. The van der Waals surface area contributed by atoms with Crippen LogP contribution >= 0.6 is 0 Å². The first-order valence-corrected chi connectivity index (χ1v) is 9.97. The van der Waals surface area contributed by atoms with Gasteiger partial charge in [0.05, 0.1) is 12.6 Å². The number of nitrogens with one attached hydrogen (secondary N) is 2. The van der Waals surface area contributed by atoms with Crippen molar-refractivity contribution in [2.24, 2.45) is 0 Å². The Balaban J connectivity index is 1.81. The smallest absolute Gasteiger partial charge is 0.243 e. The van der Waals surface area contributed by atoms with E-state index in [9.17, 15) is 9.59 Å². The third kappa shape index (κ3) is 7.86. The molecular formula is C23H31N3O3. The fourth-order valence-electron chi connectivity index (χ4n) is 2.63. The standard InChI is InChI=1S/C23H31N3O3/c1-5-17(2)29-21-12-10-19(11-13-21)24-16-22(27)25-20-8-6-7-18(15-20)9-14-23(28)26(3)4/h6-8,10-13,15,17,24H,5,9,14,16H2,1-4H3,(H,25,27). The van der Waals surface area contributed by atoms with Gasteiger partial charge in [-0.15, -0.1) is 0 Å². The van der Waals surface area contributed by atoms with Gasteiger partial charge in [-0.05, 0) is 61.7 Å². The third-order valence-electron chi connectivity index (χ3n) is 4.56. The van der Waals surface area contributed by atoms with Crippen LogP contribution in [0.4, 0.5) is 11.4 Å². The van der Waals surface area contributed by atoms with Crippen LogP contribution in [0, 0.1) is 0 Å². The number of aryl methyl sites for hydroxylation is 1. The average molecular weight is 398 g/mol. The van der Waals surface area contributed by atoms with E-state index in [1.165, 1.54) is 0 Å². The summed E-state index contributed by atoms with van der Waals surface area (Å²) >= 11 is 0. The van der Waals surface area contributed by atoms with Crippen LogP contribution in [0.5, 0.6) is 5.75 Å². The Kier molecular flexibility index (Phi) is 8.52. The van der Waals surface area contributed by atoms with Crippen LogP contribution in [-0.2, 0) is 16.0 Å². The van der Waals surface area contributed by atoms with E-state index in [0.717, 1.165) is 29.1 Å². The number of anilines is 2. The second kappa shape index (κ2) is 11.1. The number of carbonyl (C=O) groups is 2. The molecule has 6 heteroatoms. The molecule has 156 valence electrons. The minimum atomic E-state index is -0.133. The van der Waals surface area contributed by atoms with Gasteiger partial charge in [0, 0.05) is 31.9 Å².